The Morgan fingerprint density at radius 2 is 2.06 bits per heavy atom. The monoisotopic (exact) mass is 255 g/mol. The summed E-state index contributed by atoms with van der Waals surface area (Å²) in [5.41, 5.74) is 0.513. The number of ketones is 1. The van der Waals surface area contributed by atoms with E-state index in [0.29, 0.717) is 22.9 Å². The van der Waals surface area contributed by atoms with Gasteiger partial charge in [-0.25, -0.2) is 0 Å². The third kappa shape index (κ3) is 4.36. The third-order valence-electron chi connectivity index (χ3n) is 2.25. The molecule has 0 saturated heterocycles. The summed E-state index contributed by atoms with van der Waals surface area (Å²) in [6, 6.07) is 5.05. The van der Waals surface area contributed by atoms with Gasteiger partial charge in [-0.3, -0.25) is 4.79 Å². The second kappa shape index (κ2) is 5.52. The van der Waals surface area contributed by atoms with Crippen LogP contribution in [0.25, 0.3) is 0 Å². The van der Waals surface area contributed by atoms with E-state index >= 15 is 0 Å². The second-order valence-corrected chi connectivity index (χ2v) is 5.28. The fourth-order valence-electron chi connectivity index (χ4n) is 1.29. The van der Waals surface area contributed by atoms with E-state index in [1.54, 1.807) is 25.3 Å². The maximum Gasteiger partial charge on any atom is 0.176 e. The minimum Gasteiger partial charge on any atom is -0.495 e. The van der Waals surface area contributed by atoms with Crippen molar-refractivity contribution in [3.63, 3.8) is 0 Å². The Morgan fingerprint density at radius 1 is 1.41 bits per heavy atom. The maximum atomic E-state index is 11.9. The number of hydrogen-bond donors (Lipinski definition) is 1. The highest BCUT2D eigenvalue weighted by molar-refractivity contribution is 6.32. The molecule has 1 aromatic rings. The Labute approximate surface area is 107 Å². The summed E-state index contributed by atoms with van der Waals surface area (Å²) in [4.78, 5) is 11.9. The second-order valence-electron chi connectivity index (χ2n) is 4.88. The lowest BCUT2D eigenvalue weighted by atomic mass is 10.1. The molecule has 17 heavy (non-hydrogen) atoms. The predicted molar refractivity (Wildman–Crippen MR) is 70.1 cm³/mol. The number of methoxy groups -OCH3 is 1. The van der Waals surface area contributed by atoms with E-state index < -0.39 is 0 Å². The molecule has 0 atom stereocenters. The number of halogens is 1. The zero-order chi connectivity index (χ0) is 13.1. The van der Waals surface area contributed by atoms with Crippen LogP contribution in [0.2, 0.25) is 5.02 Å². The largest absolute Gasteiger partial charge is 0.495 e. The van der Waals surface area contributed by atoms with Crippen LogP contribution >= 0.6 is 11.6 Å². The lowest BCUT2D eigenvalue weighted by molar-refractivity contribution is 0.0982. The predicted octanol–water partition coefficient (Wildman–Crippen LogP) is 2.92. The highest BCUT2D eigenvalue weighted by atomic mass is 35.5. The highest BCUT2D eigenvalue weighted by Gasteiger charge is 2.13. The average molecular weight is 256 g/mol. The van der Waals surface area contributed by atoms with Crippen LogP contribution in [-0.2, 0) is 0 Å². The molecule has 0 spiro atoms. The Kier molecular flexibility index (Phi) is 4.54. The Bertz CT molecular complexity index is 410. The average Bonchev–Trinajstić information content (AvgIpc) is 2.24. The van der Waals surface area contributed by atoms with E-state index in [1.165, 1.54) is 0 Å². The number of nitrogens with one attached hydrogen (secondary N) is 1. The smallest absolute Gasteiger partial charge is 0.176 e. The van der Waals surface area contributed by atoms with Crippen molar-refractivity contribution < 1.29 is 9.53 Å². The third-order valence-corrected chi connectivity index (χ3v) is 2.55. The van der Waals surface area contributed by atoms with Crippen LogP contribution in [0.1, 0.15) is 31.1 Å². The molecule has 0 aliphatic carbocycles. The molecule has 0 aliphatic heterocycles. The Morgan fingerprint density at radius 3 is 2.53 bits per heavy atom. The first kappa shape index (κ1) is 14.0. The molecule has 0 aliphatic rings. The van der Waals surface area contributed by atoms with E-state index in [1.807, 2.05) is 20.8 Å². The van der Waals surface area contributed by atoms with Crippen molar-refractivity contribution in [3.05, 3.63) is 28.8 Å². The molecule has 1 aromatic carbocycles. The molecule has 0 unspecified atom stereocenters. The summed E-state index contributed by atoms with van der Waals surface area (Å²) in [6.45, 7) is 6.34. The normalized spacial score (nSPS) is 11.4. The number of hydrogen-bond acceptors (Lipinski definition) is 3. The van der Waals surface area contributed by atoms with Crippen LogP contribution in [0.3, 0.4) is 0 Å². The van der Waals surface area contributed by atoms with Gasteiger partial charge in [0.05, 0.1) is 18.7 Å². The van der Waals surface area contributed by atoms with E-state index in [2.05, 4.69) is 5.32 Å². The maximum absolute atomic E-state index is 11.9. The molecule has 1 N–H and O–H groups in total. The molecule has 0 aromatic heterocycles. The molecule has 1 rings (SSSR count). The fraction of sp³-hybridized carbons (Fsp3) is 0.462. The molecule has 0 radical (unpaired) electrons. The summed E-state index contributed by atoms with van der Waals surface area (Å²) in [5.74, 6) is 0.594. The van der Waals surface area contributed by atoms with Gasteiger partial charge in [0.25, 0.3) is 0 Å². The van der Waals surface area contributed by atoms with Crippen molar-refractivity contribution in [1.29, 1.82) is 0 Å². The Balaban J connectivity index is 2.73. The van der Waals surface area contributed by atoms with Crippen molar-refractivity contribution in [2.75, 3.05) is 13.7 Å². The topological polar surface area (TPSA) is 38.3 Å². The lowest BCUT2D eigenvalue weighted by Crippen LogP contribution is -2.39. The molecular weight excluding hydrogens is 238 g/mol. The van der Waals surface area contributed by atoms with Gasteiger partial charge in [-0.2, -0.15) is 0 Å². The van der Waals surface area contributed by atoms with Gasteiger partial charge in [-0.1, -0.05) is 11.6 Å². The summed E-state index contributed by atoms with van der Waals surface area (Å²) in [6.07, 6.45) is 0. The number of Topliss-reactive ketones (excluding diaryl/α,β-unsaturated/α-hetero) is 1. The molecule has 0 saturated carbocycles. The van der Waals surface area contributed by atoms with Crippen LogP contribution in [0.4, 0.5) is 0 Å². The van der Waals surface area contributed by atoms with Crippen molar-refractivity contribution in [2.24, 2.45) is 0 Å². The first-order valence-electron chi connectivity index (χ1n) is 5.45. The zero-order valence-corrected chi connectivity index (χ0v) is 11.4. The number of carbonyl (C=O) groups is 1. The van der Waals surface area contributed by atoms with Crippen LogP contribution in [0.5, 0.6) is 5.75 Å². The van der Waals surface area contributed by atoms with Crippen LogP contribution < -0.4 is 10.1 Å². The molecule has 4 heteroatoms. The van der Waals surface area contributed by atoms with Crippen LogP contribution in [-0.4, -0.2) is 25.0 Å². The number of benzene rings is 1. The standard InChI is InChI=1S/C13H18ClNO2/c1-13(2,3)15-8-11(16)9-5-6-12(17-4)10(14)7-9/h5-7,15H,8H2,1-4H3. The van der Waals surface area contributed by atoms with Gasteiger partial charge in [0.2, 0.25) is 0 Å². The van der Waals surface area contributed by atoms with Gasteiger partial charge < -0.3 is 10.1 Å². The van der Waals surface area contributed by atoms with Crippen molar-refractivity contribution in [1.82, 2.24) is 5.32 Å². The summed E-state index contributed by atoms with van der Waals surface area (Å²) in [5, 5.41) is 3.60. The van der Waals surface area contributed by atoms with Gasteiger partial charge in [-0.15, -0.1) is 0 Å². The number of carbonyl (C=O) groups excluding carboxylic acids is 1. The van der Waals surface area contributed by atoms with Gasteiger partial charge >= 0.3 is 0 Å². The zero-order valence-electron chi connectivity index (χ0n) is 10.6. The molecule has 0 heterocycles. The van der Waals surface area contributed by atoms with Crippen molar-refractivity contribution in [3.8, 4) is 5.75 Å². The molecule has 94 valence electrons. The SMILES string of the molecule is COc1ccc(C(=O)CNC(C)(C)C)cc1Cl. The van der Waals surface area contributed by atoms with Gasteiger partial charge in [0.1, 0.15) is 5.75 Å². The van der Waals surface area contributed by atoms with Crippen molar-refractivity contribution >= 4 is 17.4 Å². The number of ether oxygens (including phenoxy) is 1. The minimum atomic E-state index is -0.0775. The molecule has 3 nitrogen and oxygen atoms in total. The highest BCUT2D eigenvalue weighted by Crippen LogP contribution is 2.25. The molecule has 0 bridgehead atoms. The van der Waals surface area contributed by atoms with Crippen LogP contribution in [0, 0.1) is 0 Å². The lowest BCUT2D eigenvalue weighted by Gasteiger charge is -2.19. The van der Waals surface area contributed by atoms with Crippen LogP contribution in [0.15, 0.2) is 18.2 Å². The quantitative estimate of drug-likeness (QED) is 0.841. The first-order valence-corrected chi connectivity index (χ1v) is 5.83. The van der Waals surface area contributed by atoms with E-state index in [4.69, 9.17) is 16.3 Å². The van der Waals surface area contributed by atoms with E-state index in [9.17, 15) is 4.79 Å². The van der Waals surface area contributed by atoms with Gasteiger partial charge in [0, 0.05) is 11.1 Å². The first-order chi connectivity index (χ1) is 7.83. The number of rotatable bonds is 4. The molecule has 0 fully saturated rings. The van der Waals surface area contributed by atoms with Gasteiger partial charge in [-0.05, 0) is 39.0 Å². The summed E-state index contributed by atoms with van der Waals surface area (Å²) >= 11 is 5.97. The van der Waals surface area contributed by atoms with Crippen molar-refractivity contribution in [2.45, 2.75) is 26.3 Å². The molecular formula is C13H18ClNO2. The van der Waals surface area contributed by atoms with Gasteiger partial charge in [0.15, 0.2) is 5.78 Å². The summed E-state index contributed by atoms with van der Waals surface area (Å²) in [7, 11) is 1.55. The van der Waals surface area contributed by atoms with E-state index in [0.717, 1.165) is 0 Å². The Hall–Kier alpha value is -1.06. The minimum absolute atomic E-state index is 0.0180. The van der Waals surface area contributed by atoms with E-state index in [-0.39, 0.29) is 11.3 Å². The fourth-order valence-corrected chi connectivity index (χ4v) is 1.55. The summed E-state index contributed by atoms with van der Waals surface area (Å²) < 4.78 is 5.04. The molecule has 0 amide bonds.